The third-order valence-electron chi connectivity index (χ3n) is 6.21. The molecule has 2 N–H and O–H groups in total. The number of hydrogen-bond donors (Lipinski definition) is 2. The van der Waals surface area contributed by atoms with Crippen molar-refractivity contribution in [1.82, 2.24) is 20.4 Å². The van der Waals surface area contributed by atoms with Crippen molar-refractivity contribution < 1.29 is 0 Å². The van der Waals surface area contributed by atoms with Crippen LogP contribution in [0.4, 0.5) is 0 Å². The van der Waals surface area contributed by atoms with Crippen molar-refractivity contribution in [3.8, 4) is 11.3 Å². The Morgan fingerprint density at radius 2 is 1.81 bits per heavy atom. The van der Waals surface area contributed by atoms with Gasteiger partial charge in [-0.2, -0.15) is 5.10 Å². The molecule has 5 nitrogen and oxygen atoms in total. The van der Waals surface area contributed by atoms with Crippen LogP contribution in [0.3, 0.4) is 0 Å². The molecule has 0 fully saturated rings. The van der Waals surface area contributed by atoms with Gasteiger partial charge in [0, 0.05) is 36.3 Å². The summed E-state index contributed by atoms with van der Waals surface area (Å²) >= 11 is 0. The lowest BCUT2D eigenvalue weighted by Gasteiger charge is -2.30. The van der Waals surface area contributed by atoms with Crippen LogP contribution in [0.25, 0.3) is 16.8 Å². The van der Waals surface area contributed by atoms with Crippen LogP contribution < -0.4 is 5.32 Å². The Labute approximate surface area is 191 Å². The van der Waals surface area contributed by atoms with E-state index < -0.39 is 0 Å². The highest BCUT2D eigenvalue weighted by Crippen LogP contribution is 2.31. The average molecular weight is 428 g/mol. The van der Waals surface area contributed by atoms with Crippen molar-refractivity contribution in [1.29, 1.82) is 0 Å². The van der Waals surface area contributed by atoms with Crippen molar-refractivity contribution in [3.05, 3.63) is 83.6 Å². The molecule has 0 amide bonds. The summed E-state index contributed by atoms with van der Waals surface area (Å²) in [5.41, 5.74) is 7.16. The van der Waals surface area contributed by atoms with E-state index in [9.17, 15) is 0 Å². The predicted molar refractivity (Wildman–Crippen MR) is 134 cm³/mol. The van der Waals surface area contributed by atoms with E-state index in [2.05, 4.69) is 102 Å². The number of aromatic amines is 1. The summed E-state index contributed by atoms with van der Waals surface area (Å²) in [5, 5.41) is 11.4. The van der Waals surface area contributed by atoms with Gasteiger partial charge in [0.2, 0.25) is 0 Å². The number of benzene rings is 2. The van der Waals surface area contributed by atoms with E-state index >= 15 is 0 Å². The van der Waals surface area contributed by atoms with Crippen LogP contribution in [-0.4, -0.2) is 47.1 Å². The summed E-state index contributed by atoms with van der Waals surface area (Å²) < 4.78 is 0. The molecule has 3 aromatic rings. The zero-order valence-electron chi connectivity index (χ0n) is 19.3. The molecule has 0 saturated carbocycles. The van der Waals surface area contributed by atoms with Crippen LogP contribution in [0.5, 0.6) is 0 Å². The molecular weight excluding hydrogens is 394 g/mol. The zero-order valence-corrected chi connectivity index (χ0v) is 19.3. The highest BCUT2D eigenvalue weighted by Gasteiger charge is 2.22. The predicted octanol–water partition coefficient (Wildman–Crippen LogP) is 5.24. The number of H-pyrrole nitrogens is 1. The summed E-state index contributed by atoms with van der Waals surface area (Å²) in [6.45, 7) is 9.58. The Balaban J connectivity index is 1.52. The Morgan fingerprint density at radius 1 is 1.06 bits per heavy atom. The Kier molecular flexibility index (Phi) is 7.30. The fourth-order valence-corrected chi connectivity index (χ4v) is 4.25. The van der Waals surface area contributed by atoms with E-state index in [1.807, 2.05) is 12.4 Å². The summed E-state index contributed by atoms with van der Waals surface area (Å²) in [7, 11) is 0. The smallest absolute Gasteiger partial charge is 0.104 e. The van der Waals surface area contributed by atoms with E-state index in [0.717, 1.165) is 42.9 Å². The monoisotopic (exact) mass is 427 g/mol. The van der Waals surface area contributed by atoms with Crippen LogP contribution in [0, 0.1) is 6.92 Å². The first-order chi connectivity index (χ1) is 15.7. The molecule has 2 aromatic carbocycles. The fraction of sp³-hybridized carbons (Fsp3) is 0.333. The molecule has 1 aliphatic heterocycles. The Hall–Kier alpha value is -3.02. The maximum atomic E-state index is 4.77. The number of dihydropyridines is 1. The summed E-state index contributed by atoms with van der Waals surface area (Å²) in [6, 6.07) is 19.5. The second kappa shape index (κ2) is 10.5. The summed E-state index contributed by atoms with van der Waals surface area (Å²) in [6.07, 6.45) is 6.83. The van der Waals surface area contributed by atoms with Crippen LogP contribution in [0.1, 0.15) is 43.0 Å². The highest BCUT2D eigenvalue weighted by molar-refractivity contribution is 5.90. The van der Waals surface area contributed by atoms with E-state index in [-0.39, 0.29) is 12.2 Å². The lowest BCUT2D eigenvalue weighted by atomic mass is 9.96. The third kappa shape index (κ3) is 5.23. The van der Waals surface area contributed by atoms with Gasteiger partial charge in [0.1, 0.15) is 6.17 Å². The number of rotatable bonds is 9. The number of hydrogen-bond acceptors (Lipinski definition) is 4. The minimum Gasteiger partial charge on any atom is -0.302 e. The van der Waals surface area contributed by atoms with Gasteiger partial charge in [-0.3, -0.25) is 15.4 Å². The quantitative estimate of drug-likeness (QED) is 0.491. The van der Waals surface area contributed by atoms with Crippen molar-refractivity contribution >= 4 is 11.8 Å². The minimum atomic E-state index is 0.0246. The molecular formula is C27H33N5. The SMILES string of the molecule is CCN(CC)CC(NC1CC(c2cn[nH]c2-c2ccc(C)cc2)=CC=N1)c1ccccc1. The first kappa shape index (κ1) is 22.2. The molecule has 0 saturated heterocycles. The van der Waals surface area contributed by atoms with Gasteiger partial charge in [-0.15, -0.1) is 0 Å². The third-order valence-corrected chi connectivity index (χ3v) is 6.21. The standard InChI is InChI=1S/C27H33N5/c1-4-32(5-2)19-25(21-9-7-6-8-10-21)30-26-17-23(15-16-28-26)24-18-29-31-27(24)22-13-11-20(3)12-14-22/h6-16,18,25-26,30H,4-5,17,19H2,1-3H3,(H,29,31). The molecule has 0 spiro atoms. The average Bonchev–Trinajstić information content (AvgIpc) is 3.33. The van der Waals surface area contributed by atoms with Gasteiger partial charge in [-0.25, -0.2) is 0 Å². The number of nitrogens with one attached hydrogen (secondary N) is 2. The molecule has 5 heteroatoms. The summed E-state index contributed by atoms with van der Waals surface area (Å²) in [5.74, 6) is 0. The highest BCUT2D eigenvalue weighted by atomic mass is 15.2. The molecule has 2 heterocycles. The minimum absolute atomic E-state index is 0.0246. The lowest BCUT2D eigenvalue weighted by molar-refractivity contribution is 0.256. The number of aryl methyl sites for hydroxylation is 1. The first-order valence-electron chi connectivity index (χ1n) is 11.5. The van der Waals surface area contributed by atoms with Gasteiger partial charge in [0.05, 0.1) is 11.9 Å². The maximum Gasteiger partial charge on any atom is 0.104 e. The van der Waals surface area contributed by atoms with Crippen LogP contribution in [-0.2, 0) is 0 Å². The number of aliphatic imine (C=N–C) groups is 1. The topological polar surface area (TPSA) is 56.3 Å². The normalized spacial score (nSPS) is 16.9. The van der Waals surface area contributed by atoms with Crippen LogP contribution in [0.15, 0.2) is 71.9 Å². The second-order valence-electron chi connectivity index (χ2n) is 8.35. The zero-order chi connectivity index (χ0) is 22.3. The van der Waals surface area contributed by atoms with Crippen molar-refractivity contribution in [2.45, 2.75) is 39.4 Å². The van der Waals surface area contributed by atoms with Gasteiger partial charge in [-0.05, 0) is 37.2 Å². The van der Waals surface area contributed by atoms with Crippen molar-refractivity contribution in [3.63, 3.8) is 0 Å². The molecule has 0 bridgehead atoms. The molecule has 1 aliphatic rings. The lowest BCUT2D eigenvalue weighted by Crippen LogP contribution is -2.40. The van der Waals surface area contributed by atoms with E-state index in [1.54, 1.807) is 0 Å². The van der Waals surface area contributed by atoms with Crippen LogP contribution in [0.2, 0.25) is 0 Å². The molecule has 0 aliphatic carbocycles. The Bertz CT molecular complexity index is 1050. The van der Waals surface area contributed by atoms with Gasteiger partial charge in [0.25, 0.3) is 0 Å². The Morgan fingerprint density at radius 3 is 2.53 bits per heavy atom. The number of allylic oxidation sites excluding steroid dienone is 1. The maximum absolute atomic E-state index is 4.77. The molecule has 4 rings (SSSR count). The fourth-order valence-electron chi connectivity index (χ4n) is 4.25. The number of likely N-dealkylation sites (N-methyl/N-ethyl adjacent to an activating group) is 1. The molecule has 2 atom stereocenters. The van der Waals surface area contributed by atoms with Gasteiger partial charge < -0.3 is 4.90 Å². The van der Waals surface area contributed by atoms with Crippen molar-refractivity contribution in [2.75, 3.05) is 19.6 Å². The van der Waals surface area contributed by atoms with Gasteiger partial charge >= 0.3 is 0 Å². The van der Waals surface area contributed by atoms with Crippen LogP contribution >= 0.6 is 0 Å². The van der Waals surface area contributed by atoms with Gasteiger partial charge in [-0.1, -0.05) is 74.0 Å². The molecule has 1 aromatic heterocycles. The second-order valence-corrected chi connectivity index (χ2v) is 8.35. The van der Waals surface area contributed by atoms with Crippen molar-refractivity contribution in [2.24, 2.45) is 4.99 Å². The number of nitrogens with zero attached hydrogens (tertiary/aromatic N) is 3. The molecule has 32 heavy (non-hydrogen) atoms. The number of aromatic nitrogens is 2. The molecule has 0 radical (unpaired) electrons. The van der Waals surface area contributed by atoms with Gasteiger partial charge in [0.15, 0.2) is 0 Å². The molecule has 166 valence electrons. The van der Waals surface area contributed by atoms with E-state index in [0.29, 0.717) is 0 Å². The molecule has 2 unspecified atom stereocenters. The summed E-state index contributed by atoms with van der Waals surface area (Å²) in [4.78, 5) is 7.22. The van der Waals surface area contributed by atoms with E-state index in [1.165, 1.54) is 16.7 Å². The first-order valence-corrected chi connectivity index (χ1v) is 11.5. The van der Waals surface area contributed by atoms with E-state index in [4.69, 9.17) is 4.99 Å². The largest absolute Gasteiger partial charge is 0.302 e.